The van der Waals surface area contributed by atoms with Crippen molar-refractivity contribution in [1.29, 1.82) is 0 Å². The summed E-state index contributed by atoms with van der Waals surface area (Å²) in [5, 5.41) is 22.3. The zero-order chi connectivity index (χ0) is 22.9. The van der Waals surface area contributed by atoms with E-state index >= 15 is 0 Å². The second-order valence-corrected chi connectivity index (χ2v) is 9.71. The number of urea groups is 1. The van der Waals surface area contributed by atoms with E-state index < -0.39 is 17.7 Å². The van der Waals surface area contributed by atoms with Gasteiger partial charge in [-0.05, 0) is 31.0 Å². The van der Waals surface area contributed by atoms with E-state index in [0.29, 0.717) is 31.0 Å². The van der Waals surface area contributed by atoms with Crippen LogP contribution < -0.4 is 22.3 Å². The minimum atomic E-state index is -1.73. The highest BCUT2D eigenvalue weighted by Crippen LogP contribution is 2.42. The molecule has 5 heterocycles. The number of fused-ring (bicyclic) bond motifs is 3. The van der Waals surface area contributed by atoms with Crippen molar-refractivity contribution in [2.24, 2.45) is 11.8 Å². The Kier molecular flexibility index (Phi) is 7.39. The number of nitrogens with one attached hydrogen (secondary N) is 1. The van der Waals surface area contributed by atoms with Crippen molar-refractivity contribution in [2.45, 2.75) is 56.7 Å². The number of aliphatic hydroxyl groups is 1. The third kappa shape index (κ3) is 4.50. The molecule has 2 amide bonds. The monoisotopic (exact) mass is 534 g/mol. The number of furan rings is 1. The van der Waals surface area contributed by atoms with E-state index in [1.807, 2.05) is 0 Å². The summed E-state index contributed by atoms with van der Waals surface area (Å²) in [6.45, 7) is 1.79. The molecule has 0 spiro atoms. The Labute approximate surface area is 209 Å². The van der Waals surface area contributed by atoms with E-state index in [4.69, 9.17) is 9.15 Å². The summed E-state index contributed by atoms with van der Waals surface area (Å²) in [5.74, 6) is -0.233. The van der Waals surface area contributed by atoms with Crippen LogP contribution in [0.2, 0.25) is 0 Å². The third-order valence-electron chi connectivity index (χ3n) is 7.88. The second kappa shape index (κ2) is 10.1. The summed E-state index contributed by atoms with van der Waals surface area (Å²) in [6, 6.07) is 4.91. The molecule has 34 heavy (non-hydrogen) atoms. The number of anilines is 1. The summed E-state index contributed by atoms with van der Waals surface area (Å²) in [7, 11) is 0. The van der Waals surface area contributed by atoms with Gasteiger partial charge >= 0.3 is 12.0 Å². The van der Waals surface area contributed by atoms with E-state index in [-0.39, 0.29) is 39.3 Å². The maximum absolute atomic E-state index is 13.5. The number of amides is 2. The normalized spacial score (nSPS) is 28.4. The van der Waals surface area contributed by atoms with E-state index in [0.717, 1.165) is 44.9 Å². The maximum Gasteiger partial charge on any atom is 0.422 e. The van der Waals surface area contributed by atoms with Crippen LogP contribution in [0.1, 0.15) is 50.5 Å². The molecule has 184 valence electrons. The molecule has 2 N–H and O–H groups in total. The minimum absolute atomic E-state index is 0. The van der Waals surface area contributed by atoms with Crippen LogP contribution in [0.5, 0.6) is 0 Å². The van der Waals surface area contributed by atoms with Crippen LogP contribution in [0.3, 0.4) is 0 Å². The molecule has 2 bridgehead atoms. The summed E-state index contributed by atoms with van der Waals surface area (Å²) in [6.07, 6.45) is 10.2. The molecule has 1 aliphatic carbocycles. The number of piperidine rings is 3. The third-order valence-corrected chi connectivity index (χ3v) is 7.88. The molecule has 1 saturated carbocycles. The lowest BCUT2D eigenvalue weighted by atomic mass is 9.74. The minimum Gasteiger partial charge on any atom is -1.00 e. The average Bonchev–Trinajstić information content (AvgIpc) is 3.41. The maximum atomic E-state index is 13.5. The Balaban J connectivity index is 0.00000274. The Morgan fingerprint density at radius 2 is 1.91 bits per heavy atom. The second-order valence-electron chi connectivity index (χ2n) is 9.71. The van der Waals surface area contributed by atoms with Crippen molar-refractivity contribution in [3.63, 3.8) is 0 Å². The first-order chi connectivity index (χ1) is 16.0. The number of hydrogen-bond donors (Lipinski definition) is 2. The molecule has 4 fully saturated rings. The van der Waals surface area contributed by atoms with Crippen LogP contribution in [0, 0.1) is 11.8 Å². The molecule has 0 aromatic carbocycles. The molecule has 0 radical (unpaired) electrons. The predicted octanol–water partition coefficient (Wildman–Crippen LogP) is 0.226. The Morgan fingerprint density at radius 1 is 1.15 bits per heavy atom. The van der Waals surface area contributed by atoms with Gasteiger partial charge in [-0.2, -0.15) is 5.10 Å². The first-order valence-corrected chi connectivity index (χ1v) is 11.9. The van der Waals surface area contributed by atoms with Crippen LogP contribution in [-0.2, 0) is 15.1 Å². The van der Waals surface area contributed by atoms with Gasteiger partial charge in [-0.1, -0.05) is 19.3 Å². The van der Waals surface area contributed by atoms with E-state index in [9.17, 15) is 14.7 Å². The molecule has 2 aromatic heterocycles. The average molecular weight is 535 g/mol. The van der Waals surface area contributed by atoms with E-state index in [2.05, 4.69) is 15.5 Å². The fourth-order valence-corrected chi connectivity index (χ4v) is 5.90. The number of aromatic nitrogens is 2. The van der Waals surface area contributed by atoms with Crippen LogP contribution >= 0.6 is 0 Å². The first-order valence-electron chi connectivity index (χ1n) is 11.9. The fourth-order valence-electron chi connectivity index (χ4n) is 5.90. The van der Waals surface area contributed by atoms with Crippen LogP contribution in [-0.4, -0.2) is 57.5 Å². The molecule has 4 aliphatic rings. The zero-order valence-corrected chi connectivity index (χ0v) is 20.7. The molecule has 2 aromatic rings. The SMILES string of the molecule is O=C(O[C@H]1C[N+]2(C(=O)Nc3cccnn3)CCC1CC2)C(O)(c1ccoc1)C1CCCCC1.[Br-]. The summed E-state index contributed by atoms with van der Waals surface area (Å²) in [5.41, 5.74) is -1.28. The van der Waals surface area contributed by atoms with Crippen LogP contribution in [0.4, 0.5) is 10.6 Å². The Hall–Kier alpha value is -2.30. The Morgan fingerprint density at radius 3 is 2.56 bits per heavy atom. The molecular formula is C24H31BrN4O5. The highest BCUT2D eigenvalue weighted by molar-refractivity contribution is 5.83. The summed E-state index contributed by atoms with van der Waals surface area (Å²) in [4.78, 5) is 26.7. The molecule has 3 saturated heterocycles. The molecule has 10 heteroatoms. The van der Waals surface area contributed by atoms with Gasteiger partial charge in [0.25, 0.3) is 0 Å². The van der Waals surface area contributed by atoms with Gasteiger partial charge < -0.3 is 31.2 Å². The number of quaternary nitrogens is 1. The highest BCUT2D eigenvalue weighted by Gasteiger charge is 2.55. The van der Waals surface area contributed by atoms with Gasteiger partial charge in [-0.15, -0.1) is 5.10 Å². The quantitative estimate of drug-likeness (QED) is 0.416. The molecule has 6 rings (SSSR count). The number of halogens is 1. The summed E-state index contributed by atoms with van der Waals surface area (Å²) >= 11 is 0. The smallest absolute Gasteiger partial charge is 0.422 e. The lowest BCUT2D eigenvalue weighted by molar-refractivity contribution is -0.869. The van der Waals surface area contributed by atoms with Gasteiger partial charge in [0.2, 0.25) is 0 Å². The predicted molar refractivity (Wildman–Crippen MR) is 118 cm³/mol. The zero-order valence-electron chi connectivity index (χ0n) is 19.1. The van der Waals surface area contributed by atoms with Crippen molar-refractivity contribution in [2.75, 3.05) is 25.0 Å². The van der Waals surface area contributed by atoms with Gasteiger partial charge in [0.1, 0.15) is 6.54 Å². The van der Waals surface area contributed by atoms with Gasteiger partial charge in [0.15, 0.2) is 17.5 Å². The Bertz CT molecular complexity index is 975. The van der Waals surface area contributed by atoms with E-state index in [1.54, 1.807) is 24.4 Å². The number of hydrogen-bond acceptors (Lipinski definition) is 7. The molecule has 2 atom stereocenters. The van der Waals surface area contributed by atoms with Crippen molar-refractivity contribution in [3.05, 3.63) is 42.5 Å². The molecule has 3 aliphatic heterocycles. The lowest BCUT2D eigenvalue weighted by Crippen LogP contribution is -3.00. The topological polar surface area (TPSA) is 115 Å². The fraction of sp³-hybridized carbons (Fsp3) is 0.583. The lowest BCUT2D eigenvalue weighted by Gasteiger charge is -2.50. The van der Waals surface area contributed by atoms with Gasteiger partial charge in [-0.25, -0.2) is 14.1 Å². The number of carbonyl (C=O) groups excluding carboxylic acids is 2. The van der Waals surface area contributed by atoms with E-state index in [1.165, 1.54) is 12.5 Å². The first kappa shape index (κ1) is 24.8. The molecule has 1 unspecified atom stereocenters. The highest BCUT2D eigenvalue weighted by atomic mass is 79.9. The van der Waals surface area contributed by atoms with Gasteiger partial charge in [0.05, 0.1) is 25.6 Å². The van der Waals surface area contributed by atoms with Gasteiger partial charge in [-0.3, -0.25) is 5.32 Å². The van der Waals surface area contributed by atoms with Crippen LogP contribution in [0.25, 0.3) is 0 Å². The number of carbonyl (C=O) groups is 2. The number of rotatable bonds is 5. The van der Waals surface area contributed by atoms with Crippen molar-refractivity contribution >= 4 is 17.8 Å². The van der Waals surface area contributed by atoms with Crippen molar-refractivity contribution in [1.82, 2.24) is 10.2 Å². The largest absolute Gasteiger partial charge is 1.00 e. The van der Waals surface area contributed by atoms with Crippen LogP contribution in [0.15, 0.2) is 41.3 Å². The number of nitrogens with zero attached hydrogens (tertiary/aromatic N) is 3. The number of esters is 1. The van der Waals surface area contributed by atoms with Crippen molar-refractivity contribution < 1.29 is 45.3 Å². The summed E-state index contributed by atoms with van der Waals surface area (Å²) < 4.78 is 11.4. The molecular weight excluding hydrogens is 504 g/mol. The standard InChI is InChI=1S/C24H30N4O5.BrH/c29-22(24(31,19-10-14-32-16-19)18-5-2-1-3-6-18)33-20-15-28(12-8-17(20)9-13-28)23(30)26-21-7-4-11-25-27-21;/h4,7,10-11,14,16-18,20,31H,1-3,5-6,8-9,12-13,15H2;1H/t17?,20-,24?,28?;/m0./s1. The van der Waals surface area contributed by atoms with Crippen molar-refractivity contribution in [3.8, 4) is 0 Å². The molecule has 9 nitrogen and oxygen atoms in total. The van der Waals surface area contributed by atoms with Gasteiger partial charge in [0, 0.05) is 36.4 Å². The number of ether oxygens (including phenoxy) is 1.